The predicted molar refractivity (Wildman–Crippen MR) is 46.2 cm³/mol. The first-order chi connectivity index (χ1) is 5.20. The van der Waals surface area contributed by atoms with Gasteiger partial charge in [0.2, 0.25) is 0 Å². The molecule has 11 heavy (non-hydrogen) atoms. The molecule has 0 saturated heterocycles. The molecule has 0 amide bonds. The first-order valence-corrected chi connectivity index (χ1v) is 4.53. The fraction of sp³-hybridized carbons (Fsp3) is 0.857. The molecule has 0 aromatic rings. The average molecular weight is 199 g/mol. The largest absolute Gasteiger partial charge is 0.465 e. The Morgan fingerprint density at radius 2 is 2.27 bits per heavy atom. The molecular formula is C7H12Cl2O2. The molecule has 0 aliphatic heterocycles. The summed E-state index contributed by atoms with van der Waals surface area (Å²) in [7, 11) is 0. The number of carbonyl (C=O) groups is 1. The summed E-state index contributed by atoms with van der Waals surface area (Å²) in [6, 6.07) is 0. The van der Waals surface area contributed by atoms with Gasteiger partial charge in [0.1, 0.15) is 5.88 Å². The van der Waals surface area contributed by atoms with Crippen LogP contribution in [0, 0.1) is 0 Å². The van der Waals surface area contributed by atoms with Gasteiger partial charge in [0, 0.05) is 5.38 Å². The standard InChI is InChI=1S/C7H12Cl2O2/c1-2-6(9)3-4-11-7(10)5-8/h6H,2-5H2,1H3. The van der Waals surface area contributed by atoms with Crippen LogP contribution in [-0.4, -0.2) is 23.8 Å². The van der Waals surface area contributed by atoms with Gasteiger partial charge in [-0.05, 0) is 12.8 Å². The summed E-state index contributed by atoms with van der Waals surface area (Å²) in [4.78, 5) is 10.5. The summed E-state index contributed by atoms with van der Waals surface area (Å²) >= 11 is 11.0. The second-order valence-corrected chi connectivity index (χ2v) is 3.03. The quantitative estimate of drug-likeness (QED) is 0.501. The Morgan fingerprint density at radius 3 is 2.73 bits per heavy atom. The topological polar surface area (TPSA) is 26.3 Å². The lowest BCUT2D eigenvalue weighted by Gasteiger charge is -2.05. The Kier molecular flexibility index (Phi) is 6.77. The summed E-state index contributed by atoms with van der Waals surface area (Å²) in [5, 5.41) is 0.0955. The van der Waals surface area contributed by atoms with Crippen molar-refractivity contribution in [3.05, 3.63) is 0 Å². The van der Waals surface area contributed by atoms with E-state index in [1.807, 2.05) is 6.92 Å². The number of ether oxygens (including phenoxy) is 1. The fourth-order valence-corrected chi connectivity index (χ4v) is 0.710. The molecule has 0 saturated carbocycles. The molecule has 0 heterocycles. The number of alkyl halides is 2. The monoisotopic (exact) mass is 198 g/mol. The van der Waals surface area contributed by atoms with E-state index in [2.05, 4.69) is 0 Å². The number of hydrogen-bond donors (Lipinski definition) is 0. The van der Waals surface area contributed by atoms with Crippen LogP contribution in [0.5, 0.6) is 0 Å². The van der Waals surface area contributed by atoms with Crippen molar-refractivity contribution in [1.82, 2.24) is 0 Å². The van der Waals surface area contributed by atoms with E-state index in [9.17, 15) is 4.79 Å². The molecule has 0 spiro atoms. The van der Waals surface area contributed by atoms with Crippen LogP contribution in [0.1, 0.15) is 19.8 Å². The van der Waals surface area contributed by atoms with E-state index in [-0.39, 0.29) is 17.2 Å². The summed E-state index contributed by atoms with van der Waals surface area (Å²) in [6.07, 6.45) is 1.58. The van der Waals surface area contributed by atoms with Crippen molar-refractivity contribution in [2.75, 3.05) is 12.5 Å². The molecule has 66 valence electrons. The van der Waals surface area contributed by atoms with Crippen molar-refractivity contribution in [3.8, 4) is 0 Å². The highest BCUT2D eigenvalue weighted by atomic mass is 35.5. The van der Waals surface area contributed by atoms with E-state index in [4.69, 9.17) is 27.9 Å². The second-order valence-electron chi connectivity index (χ2n) is 2.15. The van der Waals surface area contributed by atoms with Crippen LogP contribution >= 0.6 is 23.2 Å². The Balaban J connectivity index is 3.20. The Bertz CT molecular complexity index is 117. The molecule has 1 atom stereocenters. The van der Waals surface area contributed by atoms with Gasteiger partial charge in [-0.3, -0.25) is 4.79 Å². The van der Waals surface area contributed by atoms with Gasteiger partial charge in [-0.25, -0.2) is 0 Å². The van der Waals surface area contributed by atoms with Crippen molar-refractivity contribution in [3.63, 3.8) is 0 Å². The molecule has 0 N–H and O–H groups in total. The van der Waals surface area contributed by atoms with Gasteiger partial charge < -0.3 is 4.74 Å². The molecule has 0 fully saturated rings. The fourth-order valence-electron chi connectivity index (χ4n) is 0.543. The van der Waals surface area contributed by atoms with Gasteiger partial charge in [-0.2, -0.15) is 0 Å². The number of esters is 1. The maximum absolute atomic E-state index is 10.5. The van der Waals surface area contributed by atoms with E-state index < -0.39 is 0 Å². The maximum Gasteiger partial charge on any atom is 0.320 e. The first kappa shape index (κ1) is 11.1. The minimum absolute atomic E-state index is 0.0842. The third-order valence-electron chi connectivity index (χ3n) is 1.25. The highest BCUT2D eigenvalue weighted by Gasteiger charge is 2.03. The summed E-state index contributed by atoms with van der Waals surface area (Å²) < 4.78 is 4.71. The van der Waals surface area contributed by atoms with E-state index >= 15 is 0 Å². The molecule has 0 radical (unpaired) electrons. The number of halogens is 2. The minimum atomic E-state index is -0.383. The van der Waals surface area contributed by atoms with Crippen LogP contribution in [0.15, 0.2) is 0 Å². The van der Waals surface area contributed by atoms with Crippen LogP contribution in [-0.2, 0) is 9.53 Å². The molecule has 0 aliphatic carbocycles. The third-order valence-corrected chi connectivity index (χ3v) is 1.99. The van der Waals surface area contributed by atoms with Gasteiger partial charge in [0.15, 0.2) is 0 Å². The molecule has 0 aliphatic rings. The first-order valence-electron chi connectivity index (χ1n) is 3.56. The van der Waals surface area contributed by atoms with Gasteiger partial charge in [0.25, 0.3) is 0 Å². The van der Waals surface area contributed by atoms with Crippen molar-refractivity contribution >= 4 is 29.2 Å². The van der Waals surface area contributed by atoms with Crippen molar-refractivity contribution in [1.29, 1.82) is 0 Å². The van der Waals surface area contributed by atoms with Crippen LogP contribution in [0.3, 0.4) is 0 Å². The molecule has 0 rings (SSSR count). The summed E-state index contributed by atoms with van der Waals surface area (Å²) in [5.41, 5.74) is 0. The van der Waals surface area contributed by atoms with Crippen LogP contribution < -0.4 is 0 Å². The Labute approximate surface area is 76.8 Å². The zero-order chi connectivity index (χ0) is 8.69. The Morgan fingerprint density at radius 1 is 1.64 bits per heavy atom. The van der Waals surface area contributed by atoms with Crippen molar-refractivity contribution in [2.24, 2.45) is 0 Å². The number of carbonyl (C=O) groups excluding carboxylic acids is 1. The normalized spacial score (nSPS) is 12.6. The lowest BCUT2D eigenvalue weighted by Crippen LogP contribution is -2.10. The average Bonchev–Trinajstić information content (AvgIpc) is 2.04. The minimum Gasteiger partial charge on any atom is -0.465 e. The zero-order valence-electron chi connectivity index (χ0n) is 6.48. The highest BCUT2D eigenvalue weighted by molar-refractivity contribution is 6.26. The molecule has 0 bridgehead atoms. The van der Waals surface area contributed by atoms with Crippen LogP contribution in [0.25, 0.3) is 0 Å². The summed E-state index contributed by atoms with van der Waals surface area (Å²) in [6.45, 7) is 2.36. The summed E-state index contributed by atoms with van der Waals surface area (Å²) in [5.74, 6) is -0.467. The molecule has 0 aromatic carbocycles. The van der Waals surface area contributed by atoms with E-state index in [0.717, 1.165) is 6.42 Å². The predicted octanol–water partition coefficient (Wildman–Crippen LogP) is 2.18. The lowest BCUT2D eigenvalue weighted by atomic mass is 10.2. The van der Waals surface area contributed by atoms with Crippen molar-refractivity contribution < 1.29 is 9.53 Å². The highest BCUT2D eigenvalue weighted by Crippen LogP contribution is 2.05. The molecular weight excluding hydrogens is 187 g/mol. The smallest absolute Gasteiger partial charge is 0.320 e. The molecule has 4 heteroatoms. The van der Waals surface area contributed by atoms with Gasteiger partial charge >= 0.3 is 5.97 Å². The number of rotatable bonds is 5. The third kappa shape index (κ3) is 6.45. The van der Waals surface area contributed by atoms with Crippen LogP contribution in [0.2, 0.25) is 0 Å². The van der Waals surface area contributed by atoms with Crippen LogP contribution in [0.4, 0.5) is 0 Å². The zero-order valence-corrected chi connectivity index (χ0v) is 7.99. The van der Waals surface area contributed by atoms with E-state index in [1.165, 1.54) is 0 Å². The van der Waals surface area contributed by atoms with Crippen molar-refractivity contribution in [2.45, 2.75) is 25.1 Å². The molecule has 1 unspecified atom stereocenters. The molecule has 0 aromatic heterocycles. The lowest BCUT2D eigenvalue weighted by molar-refractivity contribution is -0.140. The van der Waals surface area contributed by atoms with Gasteiger partial charge in [0.05, 0.1) is 6.61 Å². The van der Waals surface area contributed by atoms with Gasteiger partial charge in [-0.1, -0.05) is 6.92 Å². The van der Waals surface area contributed by atoms with Gasteiger partial charge in [-0.15, -0.1) is 23.2 Å². The molecule has 2 nitrogen and oxygen atoms in total. The number of hydrogen-bond acceptors (Lipinski definition) is 2. The Hall–Kier alpha value is 0.0500. The van der Waals surface area contributed by atoms with E-state index in [0.29, 0.717) is 13.0 Å². The SMILES string of the molecule is CCC(Cl)CCOC(=O)CCl. The van der Waals surface area contributed by atoms with E-state index in [1.54, 1.807) is 0 Å². The maximum atomic E-state index is 10.5. The second kappa shape index (κ2) is 6.74.